The van der Waals surface area contributed by atoms with Gasteiger partial charge in [-0.25, -0.2) is 0 Å². The Bertz CT molecular complexity index is 1290. The number of hydrogen-bond acceptors (Lipinski definition) is 5. The summed E-state index contributed by atoms with van der Waals surface area (Å²) in [5.74, 6) is -1.38. The number of nitrogens with one attached hydrogen (secondary N) is 1. The molecule has 1 saturated carbocycles. The van der Waals surface area contributed by atoms with Crippen molar-refractivity contribution in [2.75, 3.05) is 4.90 Å². The van der Waals surface area contributed by atoms with Crippen LogP contribution in [0.2, 0.25) is 5.02 Å². The van der Waals surface area contributed by atoms with E-state index in [4.69, 9.17) is 11.6 Å². The van der Waals surface area contributed by atoms with Gasteiger partial charge in [0.05, 0.1) is 11.3 Å². The quantitative estimate of drug-likeness (QED) is 0.372. The highest BCUT2D eigenvalue weighted by Crippen LogP contribution is 2.40. The summed E-state index contributed by atoms with van der Waals surface area (Å²) in [4.78, 5) is 29.0. The van der Waals surface area contributed by atoms with E-state index in [1.165, 1.54) is 24.3 Å². The largest absolute Gasteiger partial charge is 0.416 e. The van der Waals surface area contributed by atoms with Crippen molar-refractivity contribution in [1.82, 2.24) is 14.9 Å². The molecule has 1 heterocycles. The number of benzene rings is 2. The molecule has 0 bridgehead atoms. The van der Waals surface area contributed by atoms with Gasteiger partial charge in [-0.3, -0.25) is 14.5 Å². The van der Waals surface area contributed by atoms with Crippen molar-refractivity contribution in [2.24, 2.45) is 0 Å². The molecular weight excluding hydrogens is 525 g/mol. The molecule has 6 nitrogen and oxygen atoms in total. The Morgan fingerprint density at radius 3 is 2.43 bits per heavy atom. The number of carbonyl (C=O) groups is 2. The molecule has 1 aliphatic rings. The maximum atomic E-state index is 14.2. The van der Waals surface area contributed by atoms with Crippen molar-refractivity contribution in [2.45, 2.75) is 64.2 Å². The van der Waals surface area contributed by atoms with Crippen LogP contribution < -0.4 is 10.2 Å². The number of aryl methyl sites for hydroxylation is 2. The molecule has 1 aromatic heterocycles. The molecule has 4 rings (SSSR count). The molecule has 1 N–H and O–H groups in total. The normalized spacial score (nSPS) is 15.3. The maximum absolute atomic E-state index is 14.2. The van der Waals surface area contributed by atoms with Gasteiger partial charge in [-0.1, -0.05) is 59.6 Å². The summed E-state index contributed by atoms with van der Waals surface area (Å²) in [7, 11) is 0. The Labute approximate surface area is 222 Å². The van der Waals surface area contributed by atoms with Crippen molar-refractivity contribution in [3.8, 4) is 0 Å². The van der Waals surface area contributed by atoms with E-state index in [1.54, 1.807) is 26.0 Å². The average molecular weight is 551 g/mol. The van der Waals surface area contributed by atoms with Crippen molar-refractivity contribution in [1.29, 1.82) is 0 Å². The summed E-state index contributed by atoms with van der Waals surface area (Å²) in [5.41, 5.74) is -0.104. The van der Waals surface area contributed by atoms with Crippen molar-refractivity contribution in [3.63, 3.8) is 0 Å². The van der Waals surface area contributed by atoms with E-state index in [0.29, 0.717) is 16.3 Å². The Balaban J connectivity index is 1.92. The van der Waals surface area contributed by atoms with Crippen molar-refractivity contribution >= 4 is 40.6 Å². The molecule has 0 saturated heterocycles. The fourth-order valence-electron chi connectivity index (χ4n) is 4.57. The lowest BCUT2D eigenvalue weighted by atomic mass is 9.93. The van der Waals surface area contributed by atoms with E-state index in [2.05, 4.69) is 14.9 Å². The third-order valence-corrected chi connectivity index (χ3v) is 7.74. The number of halogens is 4. The highest BCUT2D eigenvalue weighted by Gasteiger charge is 2.42. The summed E-state index contributed by atoms with van der Waals surface area (Å²) in [6, 6.07) is 7.74. The standard InChI is InChI=1S/C26H26ClF3N4O2S/c1-15-12-13-18(14-21(15)27)34(25(36)23-16(2)32-33-37-23)22(24(35)31-17-8-4-3-5-9-17)19-10-6-7-11-20(19)26(28,29)30/h6-7,10-14,17,22H,3-5,8-9H2,1-2H3,(H,31,35). The fourth-order valence-corrected chi connectivity index (χ4v) is 5.34. The first-order chi connectivity index (χ1) is 17.6. The number of carbonyl (C=O) groups excluding carboxylic acids is 2. The van der Waals surface area contributed by atoms with Gasteiger partial charge >= 0.3 is 6.18 Å². The van der Waals surface area contributed by atoms with Crippen LogP contribution in [-0.2, 0) is 11.0 Å². The number of amides is 2. The summed E-state index contributed by atoms with van der Waals surface area (Å²) in [5, 5.41) is 7.12. The zero-order valence-electron chi connectivity index (χ0n) is 20.3. The monoisotopic (exact) mass is 550 g/mol. The summed E-state index contributed by atoms with van der Waals surface area (Å²) in [6.07, 6.45) is -0.436. The first-order valence-electron chi connectivity index (χ1n) is 11.9. The van der Waals surface area contributed by atoms with Crippen LogP contribution in [0.5, 0.6) is 0 Å². The molecular formula is C26H26ClF3N4O2S. The molecule has 0 radical (unpaired) electrons. The number of alkyl halides is 3. The van der Waals surface area contributed by atoms with Crippen LogP contribution in [0.1, 0.15) is 70.2 Å². The molecule has 0 spiro atoms. The van der Waals surface area contributed by atoms with Crippen LogP contribution in [0.3, 0.4) is 0 Å². The van der Waals surface area contributed by atoms with Gasteiger partial charge in [-0.2, -0.15) is 13.2 Å². The summed E-state index contributed by atoms with van der Waals surface area (Å²) < 4.78 is 46.3. The van der Waals surface area contributed by atoms with Gasteiger partial charge in [-0.15, -0.1) is 5.10 Å². The lowest BCUT2D eigenvalue weighted by Gasteiger charge is -2.34. The molecule has 11 heteroatoms. The number of hydrogen-bond donors (Lipinski definition) is 1. The highest BCUT2D eigenvalue weighted by molar-refractivity contribution is 7.08. The third kappa shape index (κ3) is 5.96. The van der Waals surface area contributed by atoms with Crippen LogP contribution in [0, 0.1) is 13.8 Å². The second-order valence-electron chi connectivity index (χ2n) is 9.13. The van der Waals surface area contributed by atoms with Gasteiger partial charge in [0, 0.05) is 16.8 Å². The number of anilines is 1. The van der Waals surface area contributed by atoms with E-state index in [-0.39, 0.29) is 22.2 Å². The number of rotatable bonds is 6. The van der Waals surface area contributed by atoms with Crippen LogP contribution in [0.25, 0.3) is 0 Å². The molecule has 2 amide bonds. The van der Waals surface area contributed by atoms with E-state index in [9.17, 15) is 22.8 Å². The minimum Gasteiger partial charge on any atom is -0.351 e. The minimum atomic E-state index is -4.75. The predicted molar refractivity (Wildman–Crippen MR) is 137 cm³/mol. The minimum absolute atomic E-state index is 0.122. The predicted octanol–water partition coefficient (Wildman–Crippen LogP) is 6.66. The molecule has 1 atom stereocenters. The van der Waals surface area contributed by atoms with Gasteiger partial charge in [0.15, 0.2) is 0 Å². The lowest BCUT2D eigenvalue weighted by molar-refractivity contribution is -0.138. The lowest BCUT2D eigenvalue weighted by Crippen LogP contribution is -2.48. The zero-order chi connectivity index (χ0) is 26.7. The SMILES string of the molecule is Cc1ccc(N(C(=O)c2snnc2C)C(C(=O)NC2CCCCC2)c2ccccc2C(F)(F)F)cc1Cl. The smallest absolute Gasteiger partial charge is 0.351 e. The average Bonchev–Trinajstić information content (AvgIpc) is 3.29. The van der Waals surface area contributed by atoms with E-state index in [1.807, 2.05) is 0 Å². The Kier molecular flexibility index (Phi) is 8.18. The third-order valence-electron chi connectivity index (χ3n) is 6.52. The number of aromatic nitrogens is 2. The maximum Gasteiger partial charge on any atom is 0.416 e. The molecule has 1 fully saturated rings. The van der Waals surface area contributed by atoms with E-state index >= 15 is 0 Å². The fraction of sp³-hybridized carbons (Fsp3) is 0.385. The molecule has 2 aromatic carbocycles. The first kappa shape index (κ1) is 27.1. The molecule has 196 valence electrons. The Hall–Kier alpha value is -2.98. The van der Waals surface area contributed by atoms with Gasteiger partial charge in [0.1, 0.15) is 10.9 Å². The van der Waals surface area contributed by atoms with Crippen LogP contribution in [0.4, 0.5) is 18.9 Å². The van der Waals surface area contributed by atoms with Crippen LogP contribution in [0.15, 0.2) is 42.5 Å². The number of nitrogens with zero attached hydrogens (tertiary/aromatic N) is 3. The van der Waals surface area contributed by atoms with E-state index in [0.717, 1.165) is 54.6 Å². The molecule has 3 aromatic rings. The van der Waals surface area contributed by atoms with Crippen molar-refractivity contribution in [3.05, 3.63) is 74.7 Å². The topological polar surface area (TPSA) is 75.2 Å². The highest BCUT2D eigenvalue weighted by atomic mass is 35.5. The first-order valence-corrected chi connectivity index (χ1v) is 13.1. The van der Waals surface area contributed by atoms with Gasteiger partial charge in [0.2, 0.25) is 5.91 Å². The summed E-state index contributed by atoms with van der Waals surface area (Å²) in [6.45, 7) is 3.35. The van der Waals surface area contributed by atoms with Crippen LogP contribution in [-0.4, -0.2) is 27.4 Å². The van der Waals surface area contributed by atoms with E-state index < -0.39 is 29.6 Å². The second-order valence-corrected chi connectivity index (χ2v) is 10.3. The molecule has 1 aliphatic carbocycles. The van der Waals surface area contributed by atoms with Crippen molar-refractivity contribution < 1.29 is 22.8 Å². The Morgan fingerprint density at radius 2 is 1.81 bits per heavy atom. The molecule has 0 aliphatic heterocycles. The van der Waals surface area contributed by atoms with Gasteiger partial charge < -0.3 is 5.32 Å². The zero-order valence-corrected chi connectivity index (χ0v) is 21.9. The second kappa shape index (κ2) is 11.2. The van der Waals surface area contributed by atoms with Gasteiger partial charge in [-0.05, 0) is 67.5 Å². The molecule has 37 heavy (non-hydrogen) atoms. The van der Waals surface area contributed by atoms with Gasteiger partial charge in [0.25, 0.3) is 5.91 Å². The summed E-state index contributed by atoms with van der Waals surface area (Å²) >= 11 is 7.19. The Morgan fingerprint density at radius 1 is 1.11 bits per heavy atom. The van der Waals surface area contributed by atoms with Crippen LogP contribution >= 0.6 is 23.1 Å². The molecule has 1 unspecified atom stereocenters.